The molecule has 0 aliphatic heterocycles. The molecule has 0 saturated carbocycles. The van der Waals surface area contributed by atoms with E-state index < -0.39 is 0 Å². The third kappa shape index (κ3) is 3.20. The van der Waals surface area contributed by atoms with Crippen molar-refractivity contribution in [2.24, 2.45) is 0 Å². The van der Waals surface area contributed by atoms with E-state index in [0.29, 0.717) is 28.8 Å². The second kappa shape index (κ2) is 6.12. The lowest BCUT2D eigenvalue weighted by Crippen LogP contribution is -2.12. The molecular formula is C18H15N5O2. The molecule has 1 amide bonds. The fourth-order valence-electron chi connectivity index (χ4n) is 2.66. The van der Waals surface area contributed by atoms with Crippen LogP contribution in [0.3, 0.4) is 0 Å². The molecule has 0 aliphatic rings. The molecular weight excluding hydrogens is 318 g/mol. The molecule has 4 aromatic rings. The molecule has 2 aromatic heterocycles. The van der Waals surface area contributed by atoms with Crippen LogP contribution >= 0.6 is 0 Å². The molecule has 3 N–H and O–H groups in total. The average molecular weight is 333 g/mol. The first-order valence-electron chi connectivity index (χ1n) is 7.77. The smallest absolute Gasteiger partial charge is 0.322 e. The minimum Gasteiger partial charge on any atom is -0.322 e. The van der Waals surface area contributed by atoms with Crippen LogP contribution in [0.15, 0.2) is 65.7 Å². The average Bonchev–Trinajstić information content (AvgIpc) is 3.23. The Morgan fingerprint density at radius 3 is 2.64 bits per heavy atom. The monoisotopic (exact) mass is 333 g/mol. The summed E-state index contributed by atoms with van der Waals surface area (Å²) in [6.07, 6.45) is 3.62. The molecule has 124 valence electrons. The highest BCUT2D eigenvalue weighted by Gasteiger charge is 2.07. The molecule has 7 nitrogen and oxygen atoms in total. The van der Waals surface area contributed by atoms with Gasteiger partial charge < -0.3 is 15.3 Å². The Balaban J connectivity index is 1.48. The summed E-state index contributed by atoms with van der Waals surface area (Å²) in [5.74, 6) is -0.206. The molecule has 0 atom stereocenters. The third-order valence-corrected chi connectivity index (χ3v) is 3.89. The Morgan fingerprint density at radius 2 is 1.88 bits per heavy atom. The number of rotatable bonds is 4. The molecule has 0 fully saturated rings. The first-order valence-corrected chi connectivity index (χ1v) is 7.77. The van der Waals surface area contributed by atoms with Gasteiger partial charge in [0.2, 0.25) is 0 Å². The normalized spacial score (nSPS) is 10.9. The van der Waals surface area contributed by atoms with Crippen LogP contribution in [0.4, 0.5) is 5.69 Å². The van der Waals surface area contributed by atoms with Crippen molar-refractivity contribution in [3.8, 4) is 0 Å². The first kappa shape index (κ1) is 14.9. The Hall–Kier alpha value is -3.61. The van der Waals surface area contributed by atoms with E-state index in [9.17, 15) is 9.59 Å². The van der Waals surface area contributed by atoms with Crippen molar-refractivity contribution in [2.75, 3.05) is 5.32 Å². The van der Waals surface area contributed by atoms with E-state index in [1.807, 2.05) is 29.1 Å². The maximum Gasteiger partial charge on any atom is 0.323 e. The van der Waals surface area contributed by atoms with Crippen LogP contribution in [0.1, 0.15) is 15.9 Å². The number of carbonyl (C=O) groups is 1. The van der Waals surface area contributed by atoms with Crippen molar-refractivity contribution in [3.63, 3.8) is 0 Å². The molecule has 0 unspecified atom stereocenters. The molecule has 0 aliphatic carbocycles. The number of nitrogens with zero attached hydrogens (tertiary/aromatic N) is 2. The number of anilines is 1. The van der Waals surface area contributed by atoms with E-state index in [-0.39, 0.29) is 11.6 Å². The van der Waals surface area contributed by atoms with Crippen molar-refractivity contribution >= 4 is 22.6 Å². The van der Waals surface area contributed by atoms with Crippen molar-refractivity contribution < 1.29 is 4.79 Å². The maximum absolute atomic E-state index is 12.4. The van der Waals surface area contributed by atoms with Gasteiger partial charge in [0, 0.05) is 23.6 Å². The van der Waals surface area contributed by atoms with Gasteiger partial charge in [-0.1, -0.05) is 12.1 Å². The minimum absolute atomic E-state index is 0.206. The Kier molecular flexibility index (Phi) is 3.66. The van der Waals surface area contributed by atoms with Crippen molar-refractivity contribution in [1.82, 2.24) is 19.7 Å². The predicted molar refractivity (Wildman–Crippen MR) is 94.6 cm³/mol. The highest BCUT2D eigenvalue weighted by Crippen LogP contribution is 2.16. The molecule has 25 heavy (non-hydrogen) atoms. The molecule has 0 bridgehead atoms. The van der Waals surface area contributed by atoms with E-state index in [1.165, 1.54) is 0 Å². The lowest BCUT2D eigenvalue weighted by Gasteiger charge is -2.07. The largest absolute Gasteiger partial charge is 0.323 e. The van der Waals surface area contributed by atoms with E-state index in [2.05, 4.69) is 20.4 Å². The van der Waals surface area contributed by atoms with Crippen molar-refractivity contribution in [2.45, 2.75) is 6.54 Å². The Morgan fingerprint density at radius 1 is 1.08 bits per heavy atom. The topological polar surface area (TPSA) is 95.6 Å². The summed E-state index contributed by atoms with van der Waals surface area (Å²) in [5.41, 5.74) is 3.32. The third-order valence-electron chi connectivity index (χ3n) is 3.89. The van der Waals surface area contributed by atoms with Crippen LogP contribution in [-0.4, -0.2) is 25.7 Å². The zero-order chi connectivity index (χ0) is 17.2. The number of carbonyl (C=O) groups excluding carboxylic acids is 1. The van der Waals surface area contributed by atoms with Gasteiger partial charge in [-0.25, -0.2) is 4.79 Å². The number of hydrogen-bond donors (Lipinski definition) is 3. The Bertz CT molecular complexity index is 1070. The van der Waals surface area contributed by atoms with Crippen molar-refractivity contribution in [3.05, 3.63) is 82.5 Å². The van der Waals surface area contributed by atoms with Crippen LogP contribution in [0.5, 0.6) is 0 Å². The SMILES string of the molecule is O=C(Nc1ccc2[nH]c(=O)[nH]c2c1)c1ccc(Cn2cccn2)cc1. The summed E-state index contributed by atoms with van der Waals surface area (Å²) in [5, 5.41) is 6.99. The number of fused-ring (bicyclic) bond motifs is 1. The van der Waals surface area contributed by atoms with Crippen LogP contribution < -0.4 is 11.0 Å². The van der Waals surface area contributed by atoms with Crippen LogP contribution in [0.25, 0.3) is 11.0 Å². The van der Waals surface area contributed by atoms with Gasteiger partial charge in [-0.05, 0) is 42.0 Å². The van der Waals surface area contributed by atoms with Crippen LogP contribution in [0, 0.1) is 0 Å². The van der Waals surface area contributed by atoms with Gasteiger partial charge in [-0.15, -0.1) is 0 Å². The van der Waals surface area contributed by atoms with Gasteiger partial charge in [-0.3, -0.25) is 9.48 Å². The zero-order valence-electron chi connectivity index (χ0n) is 13.2. The number of nitrogens with one attached hydrogen (secondary N) is 3. The molecule has 4 rings (SSSR count). The van der Waals surface area contributed by atoms with Gasteiger partial charge in [0.15, 0.2) is 0 Å². The molecule has 0 spiro atoms. The fraction of sp³-hybridized carbons (Fsp3) is 0.0556. The van der Waals surface area contributed by atoms with Gasteiger partial charge in [0.25, 0.3) is 5.91 Å². The summed E-state index contributed by atoms with van der Waals surface area (Å²) >= 11 is 0. The molecule has 0 radical (unpaired) electrons. The molecule has 2 aromatic carbocycles. The second-order valence-electron chi connectivity index (χ2n) is 5.69. The lowest BCUT2D eigenvalue weighted by atomic mass is 10.1. The van der Waals surface area contributed by atoms with E-state index in [4.69, 9.17) is 0 Å². The maximum atomic E-state index is 12.4. The van der Waals surface area contributed by atoms with Gasteiger partial charge in [0.05, 0.1) is 17.6 Å². The number of imidazole rings is 1. The van der Waals surface area contributed by atoms with E-state index in [1.54, 1.807) is 36.5 Å². The predicted octanol–water partition coefficient (Wildman–Crippen LogP) is 2.35. The quantitative estimate of drug-likeness (QED) is 0.535. The molecule has 0 saturated heterocycles. The zero-order valence-corrected chi connectivity index (χ0v) is 13.2. The second-order valence-corrected chi connectivity index (χ2v) is 5.69. The number of amides is 1. The van der Waals surface area contributed by atoms with Crippen molar-refractivity contribution in [1.29, 1.82) is 0 Å². The lowest BCUT2D eigenvalue weighted by molar-refractivity contribution is 0.102. The first-order chi connectivity index (χ1) is 12.2. The van der Waals surface area contributed by atoms with Crippen LogP contribution in [0.2, 0.25) is 0 Å². The van der Waals surface area contributed by atoms with E-state index >= 15 is 0 Å². The molecule has 2 heterocycles. The van der Waals surface area contributed by atoms with Crippen LogP contribution in [-0.2, 0) is 6.54 Å². The summed E-state index contributed by atoms with van der Waals surface area (Å²) < 4.78 is 1.82. The Labute approximate surface area is 142 Å². The van der Waals surface area contributed by atoms with Gasteiger partial charge in [0.1, 0.15) is 0 Å². The highest BCUT2D eigenvalue weighted by atomic mass is 16.2. The summed E-state index contributed by atoms with van der Waals surface area (Å²) in [6.45, 7) is 0.659. The summed E-state index contributed by atoms with van der Waals surface area (Å²) in [4.78, 5) is 29.0. The van der Waals surface area contributed by atoms with Gasteiger partial charge >= 0.3 is 5.69 Å². The van der Waals surface area contributed by atoms with E-state index in [0.717, 1.165) is 5.56 Å². The number of hydrogen-bond acceptors (Lipinski definition) is 3. The van der Waals surface area contributed by atoms with Gasteiger partial charge in [-0.2, -0.15) is 5.10 Å². The number of H-pyrrole nitrogens is 2. The fourth-order valence-corrected chi connectivity index (χ4v) is 2.66. The number of aromatic nitrogens is 4. The minimum atomic E-state index is -0.272. The molecule has 7 heteroatoms. The number of aromatic amines is 2. The summed E-state index contributed by atoms with van der Waals surface area (Å²) in [6, 6.07) is 14.5. The standard InChI is InChI=1S/C18H15N5O2/c24-17(20-14-6-7-15-16(10-14)22-18(25)21-15)13-4-2-12(3-5-13)11-23-9-1-8-19-23/h1-10H,11H2,(H,20,24)(H2,21,22,25). The highest BCUT2D eigenvalue weighted by molar-refractivity contribution is 6.04. The number of benzene rings is 2. The summed E-state index contributed by atoms with van der Waals surface area (Å²) in [7, 11) is 0.